The Morgan fingerprint density at radius 1 is 1.07 bits per heavy atom. The fourth-order valence-corrected chi connectivity index (χ4v) is 8.23. The van der Waals surface area contributed by atoms with Gasteiger partial charge in [0.15, 0.2) is 18.2 Å². The molecule has 2 N–H and O–H groups in total. The van der Waals surface area contributed by atoms with Gasteiger partial charge in [-0.05, 0) is 77.9 Å². The molecule has 3 saturated heterocycles. The van der Waals surface area contributed by atoms with E-state index in [1.54, 1.807) is 66.1 Å². The summed E-state index contributed by atoms with van der Waals surface area (Å²) in [4.78, 5) is 74.1. The third-order valence-electron chi connectivity index (χ3n) is 11.5. The van der Waals surface area contributed by atoms with Crippen LogP contribution in [0.15, 0.2) is 42.7 Å². The number of halogens is 1. The zero-order chi connectivity index (χ0) is 43.3. The maximum atomic E-state index is 15.2. The maximum Gasteiger partial charge on any atom is 0.509 e. The smallest absolute Gasteiger partial charge is 0.458 e. The van der Waals surface area contributed by atoms with Crippen LogP contribution in [-0.4, -0.2) is 130 Å². The Morgan fingerprint density at radius 3 is 2.39 bits per heavy atom. The van der Waals surface area contributed by atoms with E-state index >= 15 is 4.39 Å². The van der Waals surface area contributed by atoms with E-state index in [2.05, 4.69) is 15.4 Å². The van der Waals surface area contributed by atoms with Gasteiger partial charge < -0.3 is 43.7 Å². The van der Waals surface area contributed by atoms with E-state index in [1.165, 1.54) is 44.2 Å². The topological polar surface area (TPSA) is 207 Å². The molecular weight excluding hydrogens is 773 g/mol. The van der Waals surface area contributed by atoms with Gasteiger partial charge in [-0.1, -0.05) is 39.8 Å². The molecule has 3 fully saturated rings. The molecule has 0 radical (unpaired) electrons. The lowest BCUT2D eigenvalue weighted by Crippen LogP contribution is -2.60. The van der Waals surface area contributed by atoms with E-state index in [4.69, 9.17) is 28.4 Å². The van der Waals surface area contributed by atoms with Gasteiger partial charge in [-0.15, -0.1) is 0 Å². The predicted molar refractivity (Wildman–Crippen MR) is 207 cm³/mol. The summed E-state index contributed by atoms with van der Waals surface area (Å²) in [5.74, 6) is -7.26. The molecule has 3 aliphatic heterocycles. The molecule has 3 aliphatic rings. The Morgan fingerprint density at radius 2 is 1.76 bits per heavy atom. The molecule has 17 nitrogen and oxygen atoms in total. The van der Waals surface area contributed by atoms with Gasteiger partial charge in [-0.3, -0.25) is 14.4 Å². The van der Waals surface area contributed by atoms with Crippen LogP contribution < -0.4 is 5.32 Å². The van der Waals surface area contributed by atoms with Crippen LogP contribution in [0, 0.1) is 23.7 Å². The number of carbonyl (C=O) groups is 5. The van der Waals surface area contributed by atoms with Crippen LogP contribution in [0.3, 0.4) is 0 Å². The number of hydrogen-bond donors (Lipinski definition) is 2. The summed E-state index contributed by atoms with van der Waals surface area (Å²) < 4.78 is 51.9. The minimum atomic E-state index is -1.93. The van der Waals surface area contributed by atoms with Crippen molar-refractivity contribution in [3.05, 3.63) is 48.3 Å². The highest BCUT2D eigenvalue weighted by atomic mass is 19.1. The van der Waals surface area contributed by atoms with Crippen LogP contribution >= 0.6 is 0 Å². The lowest BCUT2D eigenvalue weighted by Gasteiger charge is -2.46. The molecule has 2 aromatic rings. The van der Waals surface area contributed by atoms with Crippen molar-refractivity contribution in [1.82, 2.24) is 25.0 Å². The standard InChI is InChI=1S/C41H56FN5O12/c1-10-30-35-31(45-39(52)57-35)23(4)32(48)21(2)17-41(7,59-40(53)54-18-27(42)16-26-11-13-28(14-12-26)47-20-43-19-44-47)36(24(5)33(49)25(6)37(51)56-30)58-38-34(50)29(46(8)9)15-22(3)55-38/h11-14,16,19-25,29-31,34-36,38,50H,10,15,17-18H2,1-9H3,(H,45,52)/b27-16-/t21-,22-,23-,24+,25-,29+,30-,31+,34-,35-,36?,38?,41-/m1/s1. The second-order valence-corrected chi connectivity index (χ2v) is 16.2. The van der Waals surface area contributed by atoms with Gasteiger partial charge in [0.1, 0.15) is 60.7 Å². The molecule has 2 unspecified atom stereocenters. The maximum absolute atomic E-state index is 15.2. The number of fused-ring (bicyclic) bond motifs is 1. The largest absolute Gasteiger partial charge is 0.509 e. The molecule has 0 saturated carbocycles. The van der Waals surface area contributed by atoms with Crippen LogP contribution in [0.2, 0.25) is 0 Å². The van der Waals surface area contributed by atoms with E-state index < -0.39 is 115 Å². The summed E-state index contributed by atoms with van der Waals surface area (Å²) in [7, 11) is 3.57. The highest BCUT2D eigenvalue weighted by molar-refractivity contribution is 6.00. The zero-order valence-electron chi connectivity index (χ0n) is 34.9. The average molecular weight is 830 g/mol. The second-order valence-electron chi connectivity index (χ2n) is 16.2. The fraction of sp³-hybridized carbons (Fsp3) is 0.634. The molecule has 0 aliphatic carbocycles. The molecule has 324 valence electrons. The summed E-state index contributed by atoms with van der Waals surface area (Å²) in [6, 6.07) is 5.34. The van der Waals surface area contributed by atoms with Crippen LogP contribution in [0.4, 0.5) is 14.0 Å². The van der Waals surface area contributed by atoms with Crippen molar-refractivity contribution >= 4 is 35.9 Å². The van der Waals surface area contributed by atoms with Gasteiger partial charge in [0, 0.05) is 23.8 Å². The number of nitrogens with zero attached hydrogens (tertiary/aromatic N) is 4. The van der Waals surface area contributed by atoms with Crippen molar-refractivity contribution < 1.29 is 61.9 Å². The molecule has 5 rings (SSSR count). The first-order valence-electron chi connectivity index (χ1n) is 19.9. The number of aromatic nitrogens is 3. The van der Waals surface area contributed by atoms with Crippen LogP contribution in [0.5, 0.6) is 0 Å². The fourth-order valence-electron chi connectivity index (χ4n) is 8.23. The number of esters is 1. The Kier molecular flexibility index (Phi) is 14.6. The highest BCUT2D eigenvalue weighted by Gasteiger charge is 2.53. The van der Waals surface area contributed by atoms with Crippen molar-refractivity contribution in [2.45, 2.75) is 122 Å². The third kappa shape index (κ3) is 10.5. The Hall–Kier alpha value is -4.78. The number of rotatable bonds is 9. The number of nitrogens with one attached hydrogen (secondary N) is 1. The number of ketones is 2. The molecule has 4 heterocycles. The summed E-state index contributed by atoms with van der Waals surface area (Å²) in [6.45, 7) is 10.2. The van der Waals surface area contributed by atoms with Gasteiger partial charge in [-0.2, -0.15) is 5.10 Å². The first-order chi connectivity index (χ1) is 27.8. The van der Waals surface area contributed by atoms with Crippen LogP contribution in [0.25, 0.3) is 11.8 Å². The number of Topliss-reactive ketones (excluding diaryl/α,β-unsaturated/α-hetero) is 2. The molecule has 13 atom stereocenters. The van der Waals surface area contributed by atoms with Gasteiger partial charge in [-0.25, -0.2) is 23.6 Å². The molecule has 0 spiro atoms. The first-order valence-corrected chi connectivity index (χ1v) is 19.9. The van der Waals surface area contributed by atoms with Crippen molar-refractivity contribution in [1.29, 1.82) is 0 Å². The zero-order valence-corrected chi connectivity index (χ0v) is 34.9. The molecule has 1 aromatic heterocycles. The van der Waals surface area contributed by atoms with Crippen molar-refractivity contribution in [2.24, 2.45) is 23.7 Å². The highest BCUT2D eigenvalue weighted by Crippen LogP contribution is 2.39. The molecule has 1 amide bonds. The SMILES string of the molecule is CC[C@H]1OC(=O)[C@H](C)C(=O)[C@H](C)C(OC2O[C@H](C)C[C@H](N(C)C)[C@H]2O)[C@](C)(OC(=O)OC/C(F)=C/c2ccc(-n3cncn3)cc2)C[C@@H](C)C(=O)[C@H](C)[C@@H]2NC(=O)O[C@@H]21. The second kappa shape index (κ2) is 19.1. The number of amides is 1. The lowest BCUT2D eigenvalue weighted by atomic mass is 9.75. The van der Waals surface area contributed by atoms with E-state index in [1.807, 2.05) is 4.90 Å². The van der Waals surface area contributed by atoms with Gasteiger partial charge in [0.25, 0.3) is 0 Å². The van der Waals surface area contributed by atoms with Crippen molar-refractivity contribution in [2.75, 3.05) is 20.7 Å². The van der Waals surface area contributed by atoms with Crippen LogP contribution in [0.1, 0.15) is 73.3 Å². The quantitative estimate of drug-likeness (QED) is 0.207. The minimum Gasteiger partial charge on any atom is -0.458 e. The Balaban J connectivity index is 1.49. The number of aliphatic hydroxyl groups is 1. The number of benzene rings is 1. The van der Waals surface area contributed by atoms with E-state index in [9.17, 15) is 29.1 Å². The Labute approximate surface area is 342 Å². The number of cyclic esters (lactones) is 1. The Bertz CT molecular complexity index is 1840. The lowest BCUT2D eigenvalue weighted by molar-refractivity contribution is -0.293. The summed E-state index contributed by atoms with van der Waals surface area (Å²) in [6.07, 6.45) is -4.21. The predicted octanol–water partition coefficient (Wildman–Crippen LogP) is 4.19. The number of carbonyl (C=O) groups excluding carboxylic acids is 5. The summed E-state index contributed by atoms with van der Waals surface area (Å²) in [5.41, 5.74) is -0.772. The molecule has 1 aromatic carbocycles. The normalized spacial score (nSPS) is 34.9. The minimum absolute atomic E-state index is 0.211. The average Bonchev–Trinajstić information content (AvgIpc) is 3.88. The summed E-state index contributed by atoms with van der Waals surface area (Å²) in [5, 5.41) is 18.2. The number of ether oxygens (including phenoxy) is 6. The number of alkyl carbamates (subject to hydrolysis) is 1. The van der Waals surface area contributed by atoms with E-state index in [-0.39, 0.29) is 18.6 Å². The molecular formula is C41H56FN5O12. The van der Waals surface area contributed by atoms with Crippen molar-refractivity contribution in [3.63, 3.8) is 0 Å². The number of aliphatic hydroxyl groups excluding tert-OH is 1. The van der Waals surface area contributed by atoms with E-state index in [0.29, 0.717) is 17.7 Å². The molecule has 18 heteroatoms. The van der Waals surface area contributed by atoms with Gasteiger partial charge >= 0.3 is 18.2 Å². The third-order valence-corrected chi connectivity index (χ3v) is 11.5. The molecule has 59 heavy (non-hydrogen) atoms. The van der Waals surface area contributed by atoms with E-state index in [0.717, 1.165) is 0 Å². The first kappa shape index (κ1) is 45.3. The monoisotopic (exact) mass is 829 g/mol. The van der Waals surface area contributed by atoms with Gasteiger partial charge in [0.2, 0.25) is 0 Å². The van der Waals surface area contributed by atoms with Crippen LogP contribution in [-0.2, 0) is 42.8 Å². The van der Waals surface area contributed by atoms with Gasteiger partial charge in [0.05, 0.1) is 17.8 Å². The molecule has 0 bridgehead atoms. The number of likely N-dealkylation sites (N-methyl/N-ethyl adjacent to an activating group) is 1. The van der Waals surface area contributed by atoms with Crippen molar-refractivity contribution in [3.8, 4) is 5.69 Å². The number of hydrogen-bond acceptors (Lipinski definition) is 15. The summed E-state index contributed by atoms with van der Waals surface area (Å²) >= 11 is 0.